The summed E-state index contributed by atoms with van der Waals surface area (Å²) < 4.78 is 27.0. The summed E-state index contributed by atoms with van der Waals surface area (Å²) in [6.45, 7) is 2.36. The summed E-state index contributed by atoms with van der Waals surface area (Å²) in [5.74, 6) is -0.140. The fourth-order valence-corrected chi connectivity index (χ4v) is 2.18. The molecule has 6 heteroatoms. The number of aliphatic imine (C=N–C) groups is 1. The van der Waals surface area contributed by atoms with E-state index in [-0.39, 0.29) is 18.2 Å². The van der Waals surface area contributed by atoms with Crippen LogP contribution in [0.2, 0.25) is 0 Å². The molecule has 0 aliphatic heterocycles. The Bertz CT molecular complexity index is 794. The SMILES string of the molecule is CN=C(NCc1ccc(F)c(C)c1)NCc1cc(C#N)ccc1F. The van der Waals surface area contributed by atoms with Crippen LogP contribution in [-0.2, 0) is 13.1 Å². The maximum atomic E-state index is 13.7. The Kier molecular flexibility index (Phi) is 5.85. The molecular weight excluding hydrogens is 310 g/mol. The smallest absolute Gasteiger partial charge is 0.191 e. The molecule has 0 fully saturated rings. The topological polar surface area (TPSA) is 60.2 Å². The number of hydrogen-bond acceptors (Lipinski definition) is 2. The van der Waals surface area contributed by atoms with Crippen molar-refractivity contribution in [1.82, 2.24) is 10.6 Å². The first kappa shape index (κ1) is 17.4. The molecule has 2 rings (SSSR count). The molecule has 2 aromatic rings. The number of nitriles is 1. The number of guanidine groups is 1. The predicted molar refractivity (Wildman–Crippen MR) is 89.3 cm³/mol. The first-order chi connectivity index (χ1) is 11.5. The zero-order valence-corrected chi connectivity index (χ0v) is 13.5. The van der Waals surface area contributed by atoms with E-state index >= 15 is 0 Å². The molecule has 24 heavy (non-hydrogen) atoms. The molecule has 0 aliphatic rings. The molecule has 0 saturated carbocycles. The van der Waals surface area contributed by atoms with Crippen molar-refractivity contribution in [3.8, 4) is 6.07 Å². The Balaban J connectivity index is 1.95. The molecule has 2 aromatic carbocycles. The molecule has 0 aliphatic carbocycles. The Labute approximate surface area is 139 Å². The van der Waals surface area contributed by atoms with E-state index in [1.54, 1.807) is 26.1 Å². The van der Waals surface area contributed by atoms with Crippen LogP contribution in [0.3, 0.4) is 0 Å². The molecule has 0 aromatic heterocycles. The van der Waals surface area contributed by atoms with Crippen molar-refractivity contribution < 1.29 is 8.78 Å². The zero-order valence-electron chi connectivity index (χ0n) is 13.5. The molecule has 0 radical (unpaired) electrons. The maximum Gasteiger partial charge on any atom is 0.191 e. The van der Waals surface area contributed by atoms with E-state index < -0.39 is 0 Å². The minimum atomic E-state index is -0.383. The summed E-state index contributed by atoms with van der Waals surface area (Å²) in [5.41, 5.74) is 2.27. The summed E-state index contributed by atoms with van der Waals surface area (Å²) in [4.78, 5) is 4.06. The van der Waals surface area contributed by atoms with Gasteiger partial charge in [0.15, 0.2) is 5.96 Å². The van der Waals surface area contributed by atoms with Gasteiger partial charge in [0.25, 0.3) is 0 Å². The molecule has 0 atom stereocenters. The second kappa shape index (κ2) is 8.06. The van der Waals surface area contributed by atoms with Crippen LogP contribution in [0.1, 0.15) is 22.3 Å². The van der Waals surface area contributed by atoms with Crippen molar-refractivity contribution in [3.63, 3.8) is 0 Å². The van der Waals surface area contributed by atoms with Gasteiger partial charge in [0.1, 0.15) is 11.6 Å². The van der Waals surface area contributed by atoms with Crippen LogP contribution in [0.4, 0.5) is 8.78 Å². The van der Waals surface area contributed by atoms with Crippen molar-refractivity contribution in [3.05, 3.63) is 70.3 Å². The Morgan fingerprint density at radius 2 is 1.79 bits per heavy atom. The van der Waals surface area contributed by atoms with Gasteiger partial charge in [-0.2, -0.15) is 5.26 Å². The van der Waals surface area contributed by atoms with Gasteiger partial charge in [-0.1, -0.05) is 12.1 Å². The molecule has 0 spiro atoms. The van der Waals surface area contributed by atoms with Crippen LogP contribution in [-0.4, -0.2) is 13.0 Å². The van der Waals surface area contributed by atoms with Crippen molar-refractivity contribution in [2.24, 2.45) is 4.99 Å². The van der Waals surface area contributed by atoms with E-state index in [9.17, 15) is 8.78 Å². The Hall–Kier alpha value is -2.94. The van der Waals surface area contributed by atoms with Gasteiger partial charge < -0.3 is 10.6 Å². The largest absolute Gasteiger partial charge is 0.352 e. The standard InChI is InChI=1S/C18H18F2N4/c1-12-7-14(4-5-16(12)19)10-23-18(22-2)24-11-15-8-13(9-21)3-6-17(15)20/h3-8H,10-11H2,1-2H3,(H2,22,23,24). The number of nitrogens with zero attached hydrogens (tertiary/aromatic N) is 2. The van der Waals surface area contributed by atoms with Crippen LogP contribution >= 0.6 is 0 Å². The number of hydrogen-bond donors (Lipinski definition) is 2. The highest BCUT2D eigenvalue weighted by Gasteiger charge is 2.06. The first-order valence-corrected chi connectivity index (χ1v) is 7.41. The highest BCUT2D eigenvalue weighted by atomic mass is 19.1. The molecule has 0 bridgehead atoms. The highest BCUT2D eigenvalue weighted by Crippen LogP contribution is 2.10. The average Bonchev–Trinajstić information content (AvgIpc) is 2.59. The number of aryl methyl sites for hydroxylation is 1. The lowest BCUT2D eigenvalue weighted by Crippen LogP contribution is -2.36. The van der Waals surface area contributed by atoms with Gasteiger partial charge in [0, 0.05) is 25.7 Å². The van der Waals surface area contributed by atoms with Crippen LogP contribution in [0.15, 0.2) is 41.4 Å². The molecule has 0 heterocycles. The van der Waals surface area contributed by atoms with Gasteiger partial charge in [0.2, 0.25) is 0 Å². The third kappa shape index (κ3) is 4.53. The lowest BCUT2D eigenvalue weighted by atomic mass is 10.1. The number of rotatable bonds is 4. The normalized spacial score (nSPS) is 11.0. The minimum absolute atomic E-state index is 0.198. The lowest BCUT2D eigenvalue weighted by Gasteiger charge is -2.13. The molecule has 4 nitrogen and oxygen atoms in total. The monoisotopic (exact) mass is 328 g/mol. The number of benzene rings is 2. The van der Waals surface area contributed by atoms with Crippen LogP contribution in [0.5, 0.6) is 0 Å². The van der Waals surface area contributed by atoms with Gasteiger partial charge in [-0.15, -0.1) is 0 Å². The van der Waals surface area contributed by atoms with E-state index in [0.29, 0.717) is 29.2 Å². The number of halogens is 2. The third-order valence-electron chi connectivity index (χ3n) is 3.53. The van der Waals surface area contributed by atoms with Gasteiger partial charge in [0.05, 0.1) is 11.6 Å². The van der Waals surface area contributed by atoms with E-state index in [2.05, 4.69) is 15.6 Å². The first-order valence-electron chi connectivity index (χ1n) is 7.41. The molecule has 124 valence electrons. The van der Waals surface area contributed by atoms with Gasteiger partial charge in [-0.25, -0.2) is 8.78 Å². The fourth-order valence-electron chi connectivity index (χ4n) is 2.18. The summed E-state index contributed by atoms with van der Waals surface area (Å²) in [6, 6.07) is 11.1. The van der Waals surface area contributed by atoms with Gasteiger partial charge in [-0.3, -0.25) is 4.99 Å². The lowest BCUT2D eigenvalue weighted by molar-refractivity contribution is 0.604. The van der Waals surface area contributed by atoms with Gasteiger partial charge >= 0.3 is 0 Å². The van der Waals surface area contributed by atoms with Crippen LogP contribution < -0.4 is 10.6 Å². The van der Waals surface area contributed by atoms with Crippen LogP contribution in [0.25, 0.3) is 0 Å². The zero-order chi connectivity index (χ0) is 17.5. The molecule has 0 saturated heterocycles. The Morgan fingerprint density at radius 1 is 1.08 bits per heavy atom. The molecular formula is C18H18F2N4. The molecule has 2 N–H and O–H groups in total. The minimum Gasteiger partial charge on any atom is -0.352 e. The van der Waals surface area contributed by atoms with E-state index in [1.807, 2.05) is 6.07 Å². The van der Waals surface area contributed by atoms with Crippen LogP contribution in [0, 0.1) is 29.9 Å². The van der Waals surface area contributed by atoms with Crippen molar-refractivity contribution >= 4 is 5.96 Å². The molecule has 0 unspecified atom stereocenters. The summed E-state index contributed by atoms with van der Waals surface area (Å²) in [5, 5.41) is 14.9. The maximum absolute atomic E-state index is 13.7. The summed E-state index contributed by atoms with van der Waals surface area (Å²) in [6.07, 6.45) is 0. The van der Waals surface area contributed by atoms with Crippen molar-refractivity contribution in [2.45, 2.75) is 20.0 Å². The van der Waals surface area contributed by atoms with E-state index in [4.69, 9.17) is 5.26 Å². The fraction of sp³-hybridized carbons (Fsp3) is 0.222. The average molecular weight is 328 g/mol. The predicted octanol–water partition coefficient (Wildman–Crippen LogP) is 3.01. The second-order valence-corrected chi connectivity index (χ2v) is 5.28. The molecule has 0 amide bonds. The number of nitrogens with one attached hydrogen (secondary N) is 2. The van der Waals surface area contributed by atoms with Gasteiger partial charge in [-0.05, 0) is 42.3 Å². The van der Waals surface area contributed by atoms with E-state index in [0.717, 1.165) is 5.56 Å². The summed E-state index contributed by atoms with van der Waals surface area (Å²) in [7, 11) is 1.60. The van der Waals surface area contributed by atoms with E-state index in [1.165, 1.54) is 24.3 Å². The second-order valence-electron chi connectivity index (χ2n) is 5.28. The summed E-state index contributed by atoms with van der Waals surface area (Å²) >= 11 is 0. The Morgan fingerprint density at radius 3 is 2.46 bits per heavy atom. The third-order valence-corrected chi connectivity index (χ3v) is 3.53. The highest BCUT2D eigenvalue weighted by molar-refractivity contribution is 5.79. The van der Waals surface area contributed by atoms with Crippen molar-refractivity contribution in [1.29, 1.82) is 5.26 Å². The quantitative estimate of drug-likeness (QED) is 0.670. The van der Waals surface area contributed by atoms with Crippen molar-refractivity contribution in [2.75, 3.05) is 7.05 Å².